The summed E-state index contributed by atoms with van der Waals surface area (Å²) in [7, 11) is 0. The van der Waals surface area contributed by atoms with Crippen LogP contribution >= 0.6 is 23.1 Å². The van der Waals surface area contributed by atoms with Gasteiger partial charge in [0.1, 0.15) is 0 Å². The molecule has 0 amide bonds. The molecule has 1 unspecified atom stereocenters. The molecule has 5 heteroatoms. The highest BCUT2D eigenvalue weighted by Gasteiger charge is 2.17. The number of rotatable bonds is 4. The van der Waals surface area contributed by atoms with Gasteiger partial charge in [0.25, 0.3) is 0 Å². The smallest absolute Gasteiger partial charge is 0.182 e. The second-order valence-corrected chi connectivity index (χ2v) is 6.74. The summed E-state index contributed by atoms with van der Waals surface area (Å²) in [4.78, 5) is 8.27. The third kappa shape index (κ3) is 3.37. The van der Waals surface area contributed by atoms with E-state index < -0.39 is 0 Å². The zero-order valence-electron chi connectivity index (χ0n) is 9.90. The van der Waals surface area contributed by atoms with Gasteiger partial charge in [-0.3, -0.25) is 4.90 Å². The molecule has 2 rings (SSSR count). The number of nitrogens with zero attached hydrogens (tertiary/aromatic N) is 2. The summed E-state index contributed by atoms with van der Waals surface area (Å²) < 4.78 is 0. The van der Waals surface area contributed by atoms with Crippen LogP contribution in [0.1, 0.15) is 18.7 Å². The number of anilines is 1. The first-order valence-corrected chi connectivity index (χ1v) is 7.67. The quantitative estimate of drug-likeness (QED) is 0.897. The molecule has 0 saturated carbocycles. The molecule has 2 heterocycles. The average molecular weight is 257 g/mol. The van der Waals surface area contributed by atoms with Crippen LogP contribution in [0, 0.1) is 0 Å². The lowest BCUT2D eigenvalue weighted by atomic mass is 10.3. The molecule has 0 radical (unpaired) electrons. The van der Waals surface area contributed by atoms with Gasteiger partial charge >= 0.3 is 0 Å². The predicted molar refractivity (Wildman–Crippen MR) is 73.5 cm³/mol. The Morgan fingerprint density at radius 3 is 3.25 bits per heavy atom. The lowest BCUT2D eigenvalue weighted by molar-refractivity contribution is 0.280. The first-order chi connectivity index (χ1) is 7.78. The third-order valence-corrected chi connectivity index (χ3v) is 4.66. The molecule has 3 nitrogen and oxygen atoms in total. The van der Waals surface area contributed by atoms with Crippen molar-refractivity contribution in [3.63, 3.8) is 0 Å². The van der Waals surface area contributed by atoms with Crippen LogP contribution in [0.2, 0.25) is 0 Å². The van der Waals surface area contributed by atoms with Gasteiger partial charge in [-0.2, -0.15) is 11.8 Å². The first-order valence-electron chi connectivity index (χ1n) is 5.80. The van der Waals surface area contributed by atoms with Crippen molar-refractivity contribution in [2.45, 2.75) is 25.6 Å². The molecule has 1 atom stereocenters. The molecule has 0 aliphatic carbocycles. The summed E-state index contributed by atoms with van der Waals surface area (Å²) in [5, 5.41) is 5.08. The van der Waals surface area contributed by atoms with Crippen LogP contribution < -0.4 is 5.32 Å². The van der Waals surface area contributed by atoms with Crippen LogP contribution in [-0.4, -0.2) is 40.5 Å². The van der Waals surface area contributed by atoms with E-state index in [0.717, 1.165) is 23.5 Å². The third-order valence-electron chi connectivity index (χ3n) is 2.59. The molecule has 1 aliphatic rings. The minimum Gasteiger partial charge on any atom is -0.362 e. The maximum Gasteiger partial charge on any atom is 0.182 e. The van der Waals surface area contributed by atoms with Gasteiger partial charge in [-0.15, -0.1) is 11.3 Å². The Balaban J connectivity index is 1.87. The minimum absolute atomic E-state index is 0.773. The van der Waals surface area contributed by atoms with E-state index in [0.29, 0.717) is 0 Å². The van der Waals surface area contributed by atoms with Crippen LogP contribution in [0.15, 0.2) is 6.20 Å². The van der Waals surface area contributed by atoms with Crippen molar-refractivity contribution < 1.29 is 0 Å². The van der Waals surface area contributed by atoms with Gasteiger partial charge in [-0.1, -0.05) is 6.92 Å². The highest BCUT2D eigenvalue weighted by atomic mass is 32.2. The summed E-state index contributed by atoms with van der Waals surface area (Å²) in [6, 6.07) is 0. The minimum atomic E-state index is 0.773. The molecule has 90 valence electrons. The average Bonchev–Trinajstić information content (AvgIpc) is 2.66. The summed E-state index contributed by atoms with van der Waals surface area (Å²) in [5.41, 5.74) is 0. The Hall–Kier alpha value is -0.260. The molecular weight excluding hydrogens is 238 g/mol. The molecule has 1 fully saturated rings. The van der Waals surface area contributed by atoms with E-state index in [1.54, 1.807) is 11.3 Å². The maximum atomic E-state index is 4.37. The molecule has 0 bridgehead atoms. The van der Waals surface area contributed by atoms with Gasteiger partial charge in [0.05, 0.1) is 0 Å². The number of hydrogen-bond donors (Lipinski definition) is 1. The molecule has 1 aromatic rings. The van der Waals surface area contributed by atoms with E-state index in [-0.39, 0.29) is 0 Å². The summed E-state index contributed by atoms with van der Waals surface area (Å²) in [5.74, 6) is 1.26. The lowest BCUT2D eigenvalue weighted by Gasteiger charge is -2.29. The highest BCUT2D eigenvalue weighted by molar-refractivity contribution is 7.99. The summed E-state index contributed by atoms with van der Waals surface area (Å²) in [6.07, 6.45) is 2.01. The molecule has 16 heavy (non-hydrogen) atoms. The van der Waals surface area contributed by atoms with Crippen LogP contribution in [0.25, 0.3) is 0 Å². The SMILES string of the molecule is CCNc1ncc(CN2CCSC(C)C2)s1. The van der Waals surface area contributed by atoms with Crippen molar-refractivity contribution in [1.82, 2.24) is 9.88 Å². The van der Waals surface area contributed by atoms with Crippen molar-refractivity contribution in [3.8, 4) is 0 Å². The molecule has 1 N–H and O–H groups in total. The largest absolute Gasteiger partial charge is 0.362 e. The Morgan fingerprint density at radius 1 is 1.62 bits per heavy atom. The van der Waals surface area contributed by atoms with Crippen molar-refractivity contribution >= 4 is 28.2 Å². The Morgan fingerprint density at radius 2 is 2.50 bits per heavy atom. The number of hydrogen-bond acceptors (Lipinski definition) is 5. The Kier molecular flexibility index (Phi) is 4.49. The van der Waals surface area contributed by atoms with Crippen LogP contribution in [0.4, 0.5) is 5.13 Å². The normalized spacial score (nSPS) is 22.2. The fraction of sp³-hybridized carbons (Fsp3) is 0.727. The van der Waals surface area contributed by atoms with E-state index in [4.69, 9.17) is 0 Å². The number of aromatic nitrogens is 1. The number of thioether (sulfide) groups is 1. The van der Waals surface area contributed by atoms with Gasteiger partial charge < -0.3 is 5.32 Å². The van der Waals surface area contributed by atoms with E-state index >= 15 is 0 Å². The van der Waals surface area contributed by atoms with Gasteiger partial charge in [-0.05, 0) is 6.92 Å². The van der Waals surface area contributed by atoms with Crippen molar-refractivity contribution in [2.75, 3.05) is 30.7 Å². The second-order valence-electron chi connectivity index (χ2n) is 4.08. The topological polar surface area (TPSA) is 28.2 Å². The summed E-state index contributed by atoms with van der Waals surface area (Å²) in [6.45, 7) is 8.85. The van der Waals surface area contributed by atoms with Crippen molar-refractivity contribution in [3.05, 3.63) is 11.1 Å². The van der Waals surface area contributed by atoms with Gasteiger partial charge in [0.15, 0.2) is 5.13 Å². The molecule has 0 spiro atoms. The van der Waals surface area contributed by atoms with Crippen LogP contribution in [0.5, 0.6) is 0 Å². The standard InChI is InChI=1S/C11H19N3S2/c1-3-12-11-13-6-10(16-11)8-14-4-5-15-9(2)7-14/h6,9H,3-5,7-8H2,1-2H3,(H,12,13). The predicted octanol–water partition coefficient (Wildman–Crippen LogP) is 2.51. The van der Waals surface area contributed by atoms with Gasteiger partial charge in [0.2, 0.25) is 0 Å². The molecule has 0 aromatic carbocycles. The highest BCUT2D eigenvalue weighted by Crippen LogP contribution is 2.23. The van der Waals surface area contributed by atoms with Crippen molar-refractivity contribution in [2.24, 2.45) is 0 Å². The second kappa shape index (κ2) is 5.89. The molecule has 1 aromatic heterocycles. The fourth-order valence-corrected chi connectivity index (χ4v) is 3.87. The molecule has 1 saturated heterocycles. The zero-order valence-corrected chi connectivity index (χ0v) is 11.5. The zero-order chi connectivity index (χ0) is 11.4. The Labute approximate surface area is 106 Å². The van der Waals surface area contributed by atoms with E-state index in [1.807, 2.05) is 6.20 Å². The molecular formula is C11H19N3S2. The number of nitrogens with one attached hydrogen (secondary N) is 1. The van der Waals surface area contributed by atoms with E-state index in [9.17, 15) is 0 Å². The van der Waals surface area contributed by atoms with E-state index in [2.05, 4.69) is 40.8 Å². The van der Waals surface area contributed by atoms with Gasteiger partial charge in [-0.25, -0.2) is 4.98 Å². The lowest BCUT2D eigenvalue weighted by Crippen LogP contribution is -2.35. The first kappa shape index (κ1) is 12.2. The monoisotopic (exact) mass is 257 g/mol. The van der Waals surface area contributed by atoms with Crippen molar-refractivity contribution in [1.29, 1.82) is 0 Å². The fourth-order valence-electron chi connectivity index (χ4n) is 1.87. The van der Waals surface area contributed by atoms with Gasteiger partial charge in [0, 0.05) is 48.3 Å². The Bertz CT molecular complexity index is 327. The van der Waals surface area contributed by atoms with Crippen LogP contribution in [-0.2, 0) is 6.54 Å². The molecule has 1 aliphatic heterocycles. The summed E-state index contributed by atoms with van der Waals surface area (Å²) >= 11 is 3.86. The van der Waals surface area contributed by atoms with Crippen LogP contribution in [0.3, 0.4) is 0 Å². The number of thiazole rings is 1. The van der Waals surface area contributed by atoms with E-state index in [1.165, 1.54) is 23.7 Å². The maximum absolute atomic E-state index is 4.37.